The predicted octanol–water partition coefficient (Wildman–Crippen LogP) is 4.71. The van der Waals surface area contributed by atoms with Crippen molar-refractivity contribution in [1.29, 1.82) is 0 Å². The van der Waals surface area contributed by atoms with Gasteiger partial charge in [-0.3, -0.25) is 9.52 Å². The fourth-order valence-corrected chi connectivity index (χ4v) is 4.00. The molecule has 150 valence electrons. The molecule has 0 unspecified atom stereocenters. The Hall–Kier alpha value is -3.03. The second-order valence-electron chi connectivity index (χ2n) is 6.25. The number of carbonyl (C=O) groups excluding carboxylic acids is 1. The fraction of sp³-hybridized carbons (Fsp3) is 0.0952. The molecule has 8 heteroatoms. The summed E-state index contributed by atoms with van der Waals surface area (Å²) in [5, 5.41) is 3.14. The van der Waals surface area contributed by atoms with E-state index in [1.165, 1.54) is 31.4 Å². The van der Waals surface area contributed by atoms with Crippen LogP contribution in [0.2, 0.25) is 5.02 Å². The van der Waals surface area contributed by atoms with E-state index in [0.29, 0.717) is 22.0 Å². The molecule has 0 heterocycles. The lowest BCUT2D eigenvalue weighted by Gasteiger charge is -2.14. The standard InChI is InChI=1S/C21H19ClN2O4S/c1-14-6-3-4-9-18(14)21(25)23-19-13-17(10-11-20(19)28-2)29(26,27)24-16-8-5-7-15(22)12-16/h3-13,24H,1-2H3,(H,23,25). The van der Waals surface area contributed by atoms with Crippen molar-refractivity contribution in [3.63, 3.8) is 0 Å². The van der Waals surface area contributed by atoms with Gasteiger partial charge in [0.1, 0.15) is 5.75 Å². The van der Waals surface area contributed by atoms with E-state index < -0.39 is 10.0 Å². The summed E-state index contributed by atoms with van der Waals surface area (Å²) >= 11 is 5.91. The summed E-state index contributed by atoms with van der Waals surface area (Å²) in [6.07, 6.45) is 0. The van der Waals surface area contributed by atoms with Crippen LogP contribution in [0.15, 0.2) is 71.6 Å². The van der Waals surface area contributed by atoms with Crippen LogP contribution in [0.5, 0.6) is 5.75 Å². The molecule has 0 radical (unpaired) electrons. The van der Waals surface area contributed by atoms with Crippen molar-refractivity contribution in [1.82, 2.24) is 0 Å². The molecule has 0 spiro atoms. The molecule has 0 saturated heterocycles. The van der Waals surface area contributed by atoms with Gasteiger partial charge in [0.15, 0.2) is 0 Å². The van der Waals surface area contributed by atoms with Crippen molar-refractivity contribution < 1.29 is 17.9 Å². The highest BCUT2D eigenvalue weighted by Crippen LogP contribution is 2.29. The first-order chi connectivity index (χ1) is 13.8. The van der Waals surface area contributed by atoms with Crippen molar-refractivity contribution in [2.24, 2.45) is 0 Å². The third-order valence-corrected chi connectivity index (χ3v) is 5.81. The van der Waals surface area contributed by atoms with Crippen LogP contribution in [0.3, 0.4) is 0 Å². The van der Waals surface area contributed by atoms with Gasteiger partial charge >= 0.3 is 0 Å². The second-order valence-corrected chi connectivity index (χ2v) is 8.37. The molecule has 0 aromatic heterocycles. The largest absolute Gasteiger partial charge is 0.495 e. The number of aryl methyl sites for hydroxylation is 1. The fourth-order valence-electron chi connectivity index (χ4n) is 2.74. The Bertz CT molecular complexity index is 1160. The zero-order valence-corrected chi connectivity index (χ0v) is 17.3. The summed E-state index contributed by atoms with van der Waals surface area (Å²) in [7, 11) is -2.46. The number of sulfonamides is 1. The summed E-state index contributed by atoms with van der Waals surface area (Å²) in [5.41, 5.74) is 1.86. The maximum absolute atomic E-state index is 12.8. The maximum Gasteiger partial charge on any atom is 0.261 e. The van der Waals surface area contributed by atoms with E-state index in [1.54, 1.807) is 30.3 Å². The van der Waals surface area contributed by atoms with Crippen molar-refractivity contribution in [2.45, 2.75) is 11.8 Å². The number of rotatable bonds is 6. The van der Waals surface area contributed by atoms with Crippen LogP contribution >= 0.6 is 11.6 Å². The van der Waals surface area contributed by atoms with E-state index in [0.717, 1.165) is 5.56 Å². The number of halogens is 1. The van der Waals surface area contributed by atoms with Gasteiger partial charge < -0.3 is 10.1 Å². The average molecular weight is 431 g/mol. The van der Waals surface area contributed by atoms with Gasteiger partial charge in [-0.05, 0) is 55.0 Å². The highest BCUT2D eigenvalue weighted by Gasteiger charge is 2.19. The zero-order chi connectivity index (χ0) is 21.0. The van der Waals surface area contributed by atoms with Gasteiger partial charge in [-0.15, -0.1) is 0 Å². The first-order valence-electron chi connectivity index (χ1n) is 8.63. The topological polar surface area (TPSA) is 84.5 Å². The molecule has 0 aliphatic rings. The molecular weight excluding hydrogens is 412 g/mol. The molecule has 0 fully saturated rings. The Balaban J connectivity index is 1.92. The van der Waals surface area contributed by atoms with Crippen molar-refractivity contribution in [3.05, 3.63) is 82.9 Å². The number of anilines is 2. The van der Waals surface area contributed by atoms with E-state index in [4.69, 9.17) is 16.3 Å². The lowest BCUT2D eigenvalue weighted by molar-refractivity contribution is 0.102. The number of methoxy groups -OCH3 is 1. The van der Waals surface area contributed by atoms with Gasteiger partial charge in [0.25, 0.3) is 15.9 Å². The zero-order valence-electron chi connectivity index (χ0n) is 15.8. The maximum atomic E-state index is 12.8. The number of ether oxygens (including phenoxy) is 1. The van der Waals surface area contributed by atoms with E-state index in [9.17, 15) is 13.2 Å². The van der Waals surface area contributed by atoms with Gasteiger partial charge in [0.2, 0.25) is 0 Å². The highest BCUT2D eigenvalue weighted by molar-refractivity contribution is 7.92. The molecule has 0 aliphatic carbocycles. The third-order valence-electron chi connectivity index (χ3n) is 4.20. The van der Waals surface area contributed by atoms with E-state index in [1.807, 2.05) is 19.1 Å². The van der Waals surface area contributed by atoms with Crippen LogP contribution in [0.4, 0.5) is 11.4 Å². The minimum absolute atomic E-state index is 0.0293. The average Bonchev–Trinajstić information content (AvgIpc) is 2.68. The number of hydrogen-bond donors (Lipinski definition) is 2. The van der Waals surface area contributed by atoms with Crippen LogP contribution in [0.1, 0.15) is 15.9 Å². The molecule has 3 aromatic rings. The van der Waals surface area contributed by atoms with Gasteiger partial charge in [-0.2, -0.15) is 0 Å². The Labute approximate surface area is 174 Å². The predicted molar refractivity (Wildman–Crippen MR) is 114 cm³/mol. The summed E-state index contributed by atoms with van der Waals surface area (Å²) in [4.78, 5) is 12.6. The minimum atomic E-state index is -3.90. The SMILES string of the molecule is COc1ccc(S(=O)(=O)Nc2cccc(Cl)c2)cc1NC(=O)c1ccccc1C. The van der Waals surface area contributed by atoms with Crippen LogP contribution in [0.25, 0.3) is 0 Å². The summed E-state index contributed by atoms with van der Waals surface area (Å²) in [5.74, 6) is -0.0209. The number of carbonyl (C=O) groups is 1. The first kappa shape index (κ1) is 20.7. The number of hydrogen-bond acceptors (Lipinski definition) is 4. The molecule has 2 N–H and O–H groups in total. The molecule has 1 amide bonds. The van der Waals surface area contributed by atoms with Gasteiger partial charge in [0.05, 0.1) is 23.4 Å². The molecule has 0 saturated carbocycles. The lowest BCUT2D eigenvalue weighted by Crippen LogP contribution is -2.16. The Kier molecular flexibility index (Phi) is 6.10. The molecule has 6 nitrogen and oxygen atoms in total. The van der Waals surface area contributed by atoms with Crippen molar-refractivity contribution >= 4 is 38.9 Å². The van der Waals surface area contributed by atoms with E-state index >= 15 is 0 Å². The molecule has 3 aromatic carbocycles. The number of benzene rings is 3. The van der Waals surface area contributed by atoms with Gasteiger partial charge in [-0.1, -0.05) is 35.9 Å². The Morgan fingerprint density at radius 3 is 2.45 bits per heavy atom. The highest BCUT2D eigenvalue weighted by atomic mass is 35.5. The monoisotopic (exact) mass is 430 g/mol. The van der Waals surface area contributed by atoms with Gasteiger partial charge in [-0.25, -0.2) is 8.42 Å². The van der Waals surface area contributed by atoms with Crippen LogP contribution in [-0.2, 0) is 10.0 Å². The Morgan fingerprint density at radius 2 is 1.76 bits per heavy atom. The summed E-state index contributed by atoms with van der Waals surface area (Å²) < 4.78 is 33.3. The molecule has 0 aliphatic heterocycles. The molecular formula is C21H19ClN2O4S. The first-order valence-corrected chi connectivity index (χ1v) is 10.5. The molecule has 0 atom stereocenters. The van der Waals surface area contributed by atoms with Gasteiger partial charge in [0, 0.05) is 10.6 Å². The summed E-state index contributed by atoms with van der Waals surface area (Å²) in [6.45, 7) is 1.82. The van der Waals surface area contributed by atoms with Crippen LogP contribution in [-0.4, -0.2) is 21.4 Å². The normalized spacial score (nSPS) is 11.0. The lowest BCUT2D eigenvalue weighted by atomic mass is 10.1. The molecule has 29 heavy (non-hydrogen) atoms. The quantitative estimate of drug-likeness (QED) is 0.593. The Morgan fingerprint density at radius 1 is 1.00 bits per heavy atom. The molecule has 3 rings (SSSR count). The summed E-state index contributed by atoms with van der Waals surface area (Å²) in [6, 6.07) is 17.7. The van der Waals surface area contributed by atoms with E-state index in [-0.39, 0.29) is 16.5 Å². The number of nitrogens with one attached hydrogen (secondary N) is 2. The van der Waals surface area contributed by atoms with Crippen molar-refractivity contribution in [3.8, 4) is 5.75 Å². The van der Waals surface area contributed by atoms with Crippen LogP contribution < -0.4 is 14.8 Å². The van der Waals surface area contributed by atoms with E-state index in [2.05, 4.69) is 10.0 Å². The molecule has 0 bridgehead atoms. The third kappa shape index (κ3) is 4.88. The number of amides is 1. The van der Waals surface area contributed by atoms with Crippen LogP contribution in [0, 0.1) is 6.92 Å². The minimum Gasteiger partial charge on any atom is -0.495 e. The smallest absolute Gasteiger partial charge is 0.261 e. The second kappa shape index (κ2) is 8.55. The van der Waals surface area contributed by atoms with Crippen molar-refractivity contribution in [2.75, 3.05) is 17.1 Å².